The molecule has 0 atom stereocenters. The van der Waals surface area contributed by atoms with Crippen molar-refractivity contribution in [1.82, 2.24) is 29.6 Å². The number of aromatic amines is 2. The number of nitrogens with zero attached hydrogens (tertiary/aromatic N) is 4. The van der Waals surface area contributed by atoms with E-state index in [4.69, 9.17) is 4.74 Å². The molecule has 1 aliphatic rings. The Morgan fingerprint density at radius 3 is 2.86 bits per heavy atom. The van der Waals surface area contributed by atoms with Crippen molar-refractivity contribution in [2.24, 2.45) is 7.05 Å². The number of benzene rings is 1. The van der Waals surface area contributed by atoms with E-state index in [9.17, 15) is 9.59 Å². The molecule has 28 heavy (non-hydrogen) atoms. The number of rotatable bonds is 6. The number of carbonyl (C=O) groups is 1. The number of H-pyrrole nitrogens is 2. The maximum absolute atomic E-state index is 12.3. The molecule has 1 aliphatic heterocycles. The zero-order valence-corrected chi connectivity index (χ0v) is 16.2. The molecule has 4 rings (SSSR count). The fraction of sp³-hybridized carbons (Fsp3) is 0.412. The summed E-state index contributed by atoms with van der Waals surface area (Å²) in [5.41, 5.74) is 1.70. The summed E-state index contributed by atoms with van der Waals surface area (Å²) < 4.78 is 7.28. The molecule has 10 nitrogen and oxygen atoms in total. The van der Waals surface area contributed by atoms with Crippen molar-refractivity contribution in [2.45, 2.75) is 11.7 Å². The van der Waals surface area contributed by atoms with Crippen LogP contribution in [0.25, 0.3) is 11.0 Å². The number of imidazole rings is 1. The zero-order chi connectivity index (χ0) is 19.5. The van der Waals surface area contributed by atoms with Crippen LogP contribution >= 0.6 is 11.8 Å². The van der Waals surface area contributed by atoms with Crippen molar-refractivity contribution in [2.75, 3.05) is 37.4 Å². The second-order valence-electron chi connectivity index (χ2n) is 6.52. The SMILES string of the molecule is Cn1c(CN2CCOCC2)nnc1SCC(=O)Nc1ccc2[nH]c(=O)[nH]c2c1. The van der Waals surface area contributed by atoms with Crippen LogP contribution in [0.1, 0.15) is 5.82 Å². The normalized spacial score (nSPS) is 15.2. The highest BCUT2D eigenvalue weighted by atomic mass is 32.2. The van der Waals surface area contributed by atoms with E-state index < -0.39 is 0 Å². The van der Waals surface area contributed by atoms with Gasteiger partial charge in [-0.15, -0.1) is 10.2 Å². The Kier molecular flexibility index (Phi) is 5.46. The third kappa shape index (κ3) is 4.26. The minimum absolute atomic E-state index is 0.153. The Labute approximate surface area is 164 Å². The molecule has 11 heteroatoms. The lowest BCUT2D eigenvalue weighted by atomic mass is 10.3. The van der Waals surface area contributed by atoms with E-state index in [0.29, 0.717) is 28.4 Å². The number of aromatic nitrogens is 5. The van der Waals surface area contributed by atoms with Crippen molar-refractivity contribution in [3.63, 3.8) is 0 Å². The zero-order valence-electron chi connectivity index (χ0n) is 15.4. The second kappa shape index (κ2) is 8.17. The minimum atomic E-state index is -0.274. The topological polar surface area (TPSA) is 121 Å². The number of amides is 1. The number of hydrogen-bond donors (Lipinski definition) is 3. The first-order chi connectivity index (χ1) is 13.6. The molecule has 1 saturated heterocycles. The van der Waals surface area contributed by atoms with Crippen LogP contribution in [0.15, 0.2) is 28.2 Å². The van der Waals surface area contributed by atoms with Gasteiger partial charge in [0.1, 0.15) is 5.82 Å². The molecule has 0 unspecified atom stereocenters. The van der Waals surface area contributed by atoms with Gasteiger partial charge in [-0.25, -0.2) is 4.79 Å². The van der Waals surface area contributed by atoms with Crippen LogP contribution in [0.4, 0.5) is 5.69 Å². The number of nitrogens with one attached hydrogen (secondary N) is 3. The Balaban J connectivity index is 1.33. The van der Waals surface area contributed by atoms with Crippen LogP contribution in [-0.4, -0.2) is 67.6 Å². The van der Waals surface area contributed by atoms with E-state index in [-0.39, 0.29) is 17.3 Å². The maximum atomic E-state index is 12.3. The van der Waals surface area contributed by atoms with E-state index in [1.807, 2.05) is 11.6 Å². The molecule has 3 aromatic rings. The fourth-order valence-corrected chi connectivity index (χ4v) is 3.74. The molecular weight excluding hydrogens is 382 g/mol. The summed E-state index contributed by atoms with van der Waals surface area (Å²) in [5, 5.41) is 12.0. The van der Waals surface area contributed by atoms with Crippen LogP contribution in [-0.2, 0) is 23.1 Å². The Bertz CT molecular complexity index is 1030. The smallest absolute Gasteiger partial charge is 0.323 e. The Morgan fingerprint density at radius 1 is 1.25 bits per heavy atom. The maximum Gasteiger partial charge on any atom is 0.323 e. The molecule has 3 N–H and O–H groups in total. The van der Waals surface area contributed by atoms with Gasteiger partial charge in [0.2, 0.25) is 5.91 Å². The van der Waals surface area contributed by atoms with Crippen LogP contribution in [0, 0.1) is 0 Å². The molecule has 0 saturated carbocycles. The molecule has 148 valence electrons. The summed E-state index contributed by atoms with van der Waals surface area (Å²) in [7, 11) is 1.91. The number of morpholine rings is 1. The van der Waals surface area contributed by atoms with Crippen LogP contribution in [0.5, 0.6) is 0 Å². The summed E-state index contributed by atoms with van der Waals surface area (Å²) >= 11 is 1.34. The van der Waals surface area contributed by atoms with Crippen molar-refractivity contribution in [3.05, 3.63) is 34.5 Å². The first kappa shape index (κ1) is 18.7. The molecule has 1 amide bonds. The predicted molar refractivity (Wildman–Crippen MR) is 105 cm³/mol. The molecule has 0 spiro atoms. The lowest BCUT2D eigenvalue weighted by Crippen LogP contribution is -2.36. The van der Waals surface area contributed by atoms with Gasteiger partial charge in [-0.05, 0) is 18.2 Å². The summed E-state index contributed by atoms with van der Waals surface area (Å²) in [4.78, 5) is 31.2. The minimum Gasteiger partial charge on any atom is -0.379 e. The van der Waals surface area contributed by atoms with E-state index in [2.05, 4.69) is 30.4 Å². The van der Waals surface area contributed by atoms with Gasteiger partial charge in [-0.2, -0.15) is 0 Å². The van der Waals surface area contributed by atoms with Crippen molar-refractivity contribution in [1.29, 1.82) is 0 Å². The summed E-state index contributed by atoms with van der Waals surface area (Å²) in [6, 6.07) is 5.21. The first-order valence-corrected chi connectivity index (χ1v) is 9.90. The van der Waals surface area contributed by atoms with E-state index >= 15 is 0 Å². The van der Waals surface area contributed by atoms with Crippen molar-refractivity contribution < 1.29 is 9.53 Å². The summed E-state index contributed by atoms with van der Waals surface area (Å²) in [5.74, 6) is 0.928. The lowest BCUT2D eigenvalue weighted by molar-refractivity contribution is -0.113. The summed E-state index contributed by atoms with van der Waals surface area (Å²) in [6.07, 6.45) is 0. The van der Waals surface area contributed by atoms with Gasteiger partial charge in [0.05, 0.1) is 36.5 Å². The quantitative estimate of drug-likeness (QED) is 0.514. The fourth-order valence-electron chi connectivity index (χ4n) is 3.01. The molecule has 0 radical (unpaired) electrons. The lowest BCUT2D eigenvalue weighted by Gasteiger charge is -2.25. The third-order valence-corrected chi connectivity index (χ3v) is 5.55. The monoisotopic (exact) mass is 403 g/mol. The first-order valence-electron chi connectivity index (χ1n) is 8.91. The predicted octanol–water partition coefficient (Wildman–Crippen LogP) is 0.548. The number of fused-ring (bicyclic) bond motifs is 1. The van der Waals surface area contributed by atoms with Gasteiger partial charge in [-0.3, -0.25) is 9.69 Å². The standard InChI is InChI=1S/C17H21N7O3S/c1-23-14(9-24-4-6-27-7-5-24)21-22-17(23)28-10-15(25)18-11-2-3-12-13(8-11)20-16(26)19-12/h2-3,8H,4-7,9-10H2,1H3,(H,18,25)(H2,19,20,26). The number of thioether (sulfide) groups is 1. The molecule has 0 aliphatic carbocycles. The Hall–Kier alpha value is -2.63. The largest absolute Gasteiger partial charge is 0.379 e. The average Bonchev–Trinajstić information content (AvgIpc) is 3.22. The number of hydrogen-bond acceptors (Lipinski definition) is 7. The molecule has 1 fully saturated rings. The molecular formula is C17H21N7O3S. The van der Waals surface area contributed by atoms with Crippen molar-refractivity contribution in [3.8, 4) is 0 Å². The van der Waals surface area contributed by atoms with Crippen LogP contribution in [0.3, 0.4) is 0 Å². The Morgan fingerprint density at radius 2 is 2.04 bits per heavy atom. The van der Waals surface area contributed by atoms with Gasteiger partial charge in [0.15, 0.2) is 5.16 Å². The van der Waals surface area contributed by atoms with Gasteiger partial charge >= 0.3 is 5.69 Å². The number of carbonyl (C=O) groups excluding carboxylic acids is 1. The summed E-state index contributed by atoms with van der Waals surface area (Å²) in [6.45, 7) is 3.96. The van der Waals surface area contributed by atoms with Crippen molar-refractivity contribution >= 4 is 34.4 Å². The van der Waals surface area contributed by atoms with Gasteiger partial charge in [-0.1, -0.05) is 11.8 Å². The van der Waals surface area contributed by atoms with E-state index in [0.717, 1.165) is 32.1 Å². The average molecular weight is 403 g/mol. The highest BCUT2D eigenvalue weighted by molar-refractivity contribution is 7.99. The molecule has 3 heterocycles. The highest BCUT2D eigenvalue weighted by Gasteiger charge is 2.16. The van der Waals surface area contributed by atoms with Crippen LogP contribution in [0.2, 0.25) is 0 Å². The molecule has 1 aromatic carbocycles. The van der Waals surface area contributed by atoms with Gasteiger partial charge in [0, 0.05) is 25.8 Å². The number of ether oxygens (including phenoxy) is 1. The third-order valence-electron chi connectivity index (χ3n) is 4.53. The van der Waals surface area contributed by atoms with Gasteiger partial charge < -0.3 is 24.6 Å². The second-order valence-corrected chi connectivity index (χ2v) is 7.47. The molecule has 0 bridgehead atoms. The van der Waals surface area contributed by atoms with E-state index in [1.54, 1.807) is 18.2 Å². The highest BCUT2D eigenvalue weighted by Crippen LogP contribution is 2.18. The van der Waals surface area contributed by atoms with E-state index in [1.165, 1.54) is 11.8 Å². The van der Waals surface area contributed by atoms with Gasteiger partial charge in [0.25, 0.3) is 0 Å². The number of anilines is 1. The molecule has 2 aromatic heterocycles. The van der Waals surface area contributed by atoms with Crippen LogP contribution < -0.4 is 11.0 Å².